The third kappa shape index (κ3) is 4.68. The first kappa shape index (κ1) is 25.0. The highest BCUT2D eigenvalue weighted by molar-refractivity contribution is 5.78. The average molecular weight is 496 g/mol. The summed E-state index contributed by atoms with van der Waals surface area (Å²) >= 11 is 0. The van der Waals surface area contributed by atoms with Gasteiger partial charge in [-0.15, -0.1) is 0 Å². The molecule has 36 heavy (non-hydrogen) atoms. The van der Waals surface area contributed by atoms with Gasteiger partial charge in [-0.25, -0.2) is 14.2 Å². The van der Waals surface area contributed by atoms with Gasteiger partial charge in [-0.2, -0.15) is 0 Å². The van der Waals surface area contributed by atoms with Crippen molar-refractivity contribution in [2.45, 2.75) is 62.3 Å². The van der Waals surface area contributed by atoms with Crippen LogP contribution in [0.5, 0.6) is 0 Å². The Bertz CT molecular complexity index is 1040. The Morgan fingerprint density at radius 1 is 1.14 bits per heavy atom. The summed E-state index contributed by atoms with van der Waals surface area (Å²) in [7, 11) is 4.32. The quantitative estimate of drug-likeness (QED) is 0.536. The van der Waals surface area contributed by atoms with Crippen LogP contribution in [-0.2, 0) is 5.54 Å². The molecule has 8 heteroatoms. The number of anilines is 1. The summed E-state index contributed by atoms with van der Waals surface area (Å²) in [6.07, 6.45) is 7.56. The van der Waals surface area contributed by atoms with Crippen molar-refractivity contribution in [1.82, 2.24) is 19.7 Å². The van der Waals surface area contributed by atoms with E-state index in [4.69, 9.17) is 0 Å². The monoisotopic (exact) mass is 495 g/mol. The number of aromatic nitrogens is 1. The van der Waals surface area contributed by atoms with Crippen LogP contribution in [0.25, 0.3) is 0 Å². The number of hydrogen-bond acceptors (Lipinski definition) is 5. The molecule has 1 saturated heterocycles. The molecule has 1 spiro atoms. The molecule has 1 aliphatic heterocycles. The molecule has 2 heterocycles. The Hall–Kier alpha value is -2.71. The molecular formula is C28H38FN5O2. The van der Waals surface area contributed by atoms with E-state index in [0.717, 1.165) is 38.4 Å². The van der Waals surface area contributed by atoms with Crippen molar-refractivity contribution in [3.05, 3.63) is 60.0 Å². The van der Waals surface area contributed by atoms with E-state index in [2.05, 4.69) is 64.5 Å². The van der Waals surface area contributed by atoms with Crippen molar-refractivity contribution in [2.24, 2.45) is 5.92 Å². The predicted octanol–water partition coefficient (Wildman–Crippen LogP) is 4.26. The number of urea groups is 1. The highest BCUT2D eigenvalue weighted by Crippen LogP contribution is 2.49. The average Bonchev–Trinajstić information content (AvgIpc) is 3.08. The molecule has 2 aromatic rings. The number of halogens is 1. The highest BCUT2D eigenvalue weighted by atomic mass is 19.1. The second-order valence-corrected chi connectivity index (χ2v) is 11.1. The lowest BCUT2D eigenvalue weighted by Gasteiger charge is -2.51. The number of carbonyl (C=O) groups excluding carboxylic acids is 1. The summed E-state index contributed by atoms with van der Waals surface area (Å²) in [5.74, 6) is 0.528. The van der Waals surface area contributed by atoms with Gasteiger partial charge >= 0.3 is 6.03 Å². The third-order valence-electron chi connectivity index (χ3n) is 8.83. The summed E-state index contributed by atoms with van der Waals surface area (Å²) in [5.41, 5.74) is 1.08. The number of benzene rings is 1. The van der Waals surface area contributed by atoms with E-state index >= 15 is 0 Å². The molecule has 1 aromatic carbocycles. The van der Waals surface area contributed by atoms with Crippen LogP contribution in [0.3, 0.4) is 0 Å². The molecule has 5 rings (SSSR count). The minimum absolute atomic E-state index is 0.0203. The topological polar surface area (TPSA) is 71.9 Å². The Morgan fingerprint density at radius 2 is 1.86 bits per heavy atom. The van der Waals surface area contributed by atoms with E-state index in [1.165, 1.54) is 37.0 Å². The summed E-state index contributed by atoms with van der Waals surface area (Å²) in [4.78, 5) is 23.9. The van der Waals surface area contributed by atoms with Crippen molar-refractivity contribution < 1.29 is 14.3 Å². The number of carbonyl (C=O) groups is 1. The van der Waals surface area contributed by atoms with E-state index in [9.17, 15) is 14.3 Å². The molecule has 1 aromatic heterocycles. The van der Waals surface area contributed by atoms with Crippen molar-refractivity contribution in [3.8, 4) is 0 Å². The van der Waals surface area contributed by atoms with Crippen molar-refractivity contribution >= 4 is 11.8 Å². The standard InChI is InChI=1S/C28H38FN5O2/c1-32(2)28(22-9-4-3-5-10-22)15-13-27(14-16-28)20-33(26(36)34(27)18-21-7-6-8-21)19-25(35)31-24-12-11-23(29)17-30-24/h3-5,9-12,17,21,25,35H,6-8,13-16,18-20H2,1-2H3,(H,30,31)/t25?,27-,28+. The number of amides is 2. The fourth-order valence-electron chi connectivity index (χ4n) is 6.42. The maximum atomic E-state index is 13.7. The Morgan fingerprint density at radius 3 is 2.44 bits per heavy atom. The van der Waals surface area contributed by atoms with Crippen molar-refractivity contribution in [2.75, 3.05) is 39.0 Å². The second kappa shape index (κ2) is 9.98. The SMILES string of the molecule is CN(C)[C@]1(c2ccccc2)CC[C@]2(CC1)CN(CC(O)Nc1ccc(F)cn1)C(=O)N2CC1CCC1. The number of rotatable bonds is 8. The molecule has 194 valence electrons. The maximum absolute atomic E-state index is 13.7. The molecule has 3 fully saturated rings. The van der Waals surface area contributed by atoms with Gasteiger partial charge in [0.05, 0.1) is 18.3 Å². The first-order valence-electron chi connectivity index (χ1n) is 13.2. The van der Waals surface area contributed by atoms with Crippen LogP contribution < -0.4 is 5.32 Å². The number of pyridine rings is 1. The van der Waals surface area contributed by atoms with Gasteiger partial charge in [-0.05, 0) is 76.2 Å². The summed E-state index contributed by atoms with van der Waals surface area (Å²) < 4.78 is 13.2. The number of β-amino-alcohol motifs (C(OH)–C–C–N with tert-alkyl or cyclic N) is 1. The van der Waals surface area contributed by atoms with Gasteiger partial charge in [0.15, 0.2) is 0 Å². The van der Waals surface area contributed by atoms with Gasteiger partial charge in [-0.1, -0.05) is 36.8 Å². The molecule has 1 unspecified atom stereocenters. The largest absolute Gasteiger partial charge is 0.372 e. The van der Waals surface area contributed by atoms with E-state index < -0.39 is 12.0 Å². The lowest BCUT2D eigenvalue weighted by atomic mass is 9.68. The summed E-state index contributed by atoms with van der Waals surface area (Å²) in [5, 5.41) is 13.6. The number of nitrogens with zero attached hydrogens (tertiary/aromatic N) is 4. The first-order chi connectivity index (χ1) is 17.3. The molecule has 0 bridgehead atoms. The smallest absolute Gasteiger partial charge is 0.320 e. The molecule has 3 aliphatic rings. The van der Waals surface area contributed by atoms with Gasteiger partial charge in [0.25, 0.3) is 0 Å². The van der Waals surface area contributed by atoms with E-state index in [-0.39, 0.29) is 23.7 Å². The zero-order chi connectivity index (χ0) is 25.3. The summed E-state index contributed by atoms with van der Waals surface area (Å²) in [6.45, 7) is 1.59. The van der Waals surface area contributed by atoms with Gasteiger partial charge in [-0.3, -0.25) is 4.90 Å². The number of aliphatic hydroxyl groups excluding tert-OH is 1. The molecule has 2 saturated carbocycles. The van der Waals surface area contributed by atoms with Crippen molar-refractivity contribution in [3.63, 3.8) is 0 Å². The molecule has 2 aliphatic carbocycles. The Balaban J connectivity index is 1.33. The van der Waals surface area contributed by atoms with Crippen molar-refractivity contribution in [1.29, 1.82) is 0 Å². The summed E-state index contributed by atoms with van der Waals surface area (Å²) in [6, 6.07) is 13.5. The lowest BCUT2D eigenvalue weighted by molar-refractivity contribution is 0.0156. The fourth-order valence-corrected chi connectivity index (χ4v) is 6.42. The van der Waals surface area contributed by atoms with Gasteiger partial charge in [0, 0.05) is 18.6 Å². The van der Waals surface area contributed by atoms with Gasteiger partial charge < -0.3 is 20.2 Å². The third-order valence-corrected chi connectivity index (χ3v) is 8.83. The zero-order valence-electron chi connectivity index (χ0n) is 21.4. The van der Waals surface area contributed by atoms with Gasteiger partial charge in [0.1, 0.15) is 17.9 Å². The Kier molecular flexibility index (Phi) is 6.92. The second-order valence-electron chi connectivity index (χ2n) is 11.1. The Labute approximate surface area is 213 Å². The van der Waals surface area contributed by atoms with E-state index in [0.29, 0.717) is 18.3 Å². The van der Waals surface area contributed by atoms with E-state index in [1.807, 2.05) is 0 Å². The van der Waals surface area contributed by atoms with Crippen LogP contribution in [-0.4, -0.2) is 76.3 Å². The molecular weight excluding hydrogens is 457 g/mol. The van der Waals surface area contributed by atoms with Gasteiger partial charge in [0.2, 0.25) is 0 Å². The predicted molar refractivity (Wildman–Crippen MR) is 138 cm³/mol. The maximum Gasteiger partial charge on any atom is 0.320 e. The lowest BCUT2D eigenvalue weighted by Crippen LogP contribution is -2.56. The van der Waals surface area contributed by atoms with E-state index in [1.54, 1.807) is 4.90 Å². The highest BCUT2D eigenvalue weighted by Gasteiger charge is 2.55. The van der Waals surface area contributed by atoms with Crippen LogP contribution >= 0.6 is 0 Å². The minimum atomic E-state index is -0.985. The number of hydrogen-bond donors (Lipinski definition) is 2. The molecule has 1 atom stereocenters. The first-order valence-corrected chi connectivity index (χ1v) is 13.2. The molecule has 2 amide bonds. The van der Waals surface area contributed by atoms with Crippen LogP contribution in [0.1, 0.15) is 50.5 Å². The number of nitrogens with one attached hydrogen (secondary N) is 1. The zero-order valence-corrected chi connectivity index (χ0v) is 21.4. The van der Waals surface area contributed by atoms with Crippen LogP contribution in [0.4, 0.5) is 15.0 Å². The number of aliphatic hydroxyl groups is 1. The fraction of sp³-hybridized carbons (Fsp3) is 0.571. The van der Waals surface area contributed by atoms with Crippen LogP contribution in [0.2, 0.25) is 0 Å². The normalized spacial score (nSPS) is 27.5. The van der Waals surface area contributed by atoms with Crippen LogP contribution in [0.15, 0.2) is 48.7 Å². The molecule has 0 radical (unpaired) electrons. The molecule has 2 N–H and O–H groups in total. The minimum Gasteiger partial charge on any atom is -0.372 e. The molecule has 7 nitrogen and oxygen atoms in total. The van der Waals surface area contributed by atoms with Crippen LogP contribution in [0, 0.1) is 11.7 Å².